The number of aromatic hydroxyl groups is 1. The number of carbonyl (C=O) groups is 1. The monoisotopic (exact) mass is 394 g/mol. The van der Waals surface area contributed by atoms with Crippen molar-refractivity contribution in [3.63, 3.8) is 0 Å². The van der Waals surface area contributed by atoms with Crippen LogP contribution in [0, 0.1) is 6.92 Å². The highest BCUT2D eigenvalue weighted by Crippen LogP contribution is 2.32. The van der Waals surface area contributed by atoms with Crippen molar-refractivity contribution in [1.29, 1.82) is 0 Å². The van der Waals surface area contributed by atoms with Gasteiger partial charge in [-0.05, 0) is 49.7 Å². The molecule has 0 spiro atoms. The third-order valence-corrected chi connectivity index (χ3v) is 5.16. The summed E-state index contributed by atoms with van der Waals surface area (Å²) in [6, 6.07) is 12.6. The van der Waals surface area contributed by atoms with Crippen LogP contribution in [0.5, 0.6) is 11.5 Å². The van der Waals surface area contributed by atoms with Crippen LogP contribution < -0.4 is 10.1 Å². The Balaban J connectivity index is 1.55. The Bertz CT molecular complexity index is 1170. The summed E-state index contributed by atoms with van der Waals surface area (Å²) >= 11 is 1.37. The fraction of sp³-hybridized carbons (Fsp3) is 0.150. The molecule has 8 heteroatoms. The van der Waals surface area contributed by atoms with Crippen molar-refractivity contribution in [1.82, 2.24) is 15.2 Å². The van der Waals surface area contributed by atoms with Crippen LogP contribution >= 0.6 is 11.3 Å². The first-order chi connectivity index (χ1) is 13.5. The number of anilines is 1. The lowest BCUT2D eigenvalue weighted by Gasteiger charge is -2.03. The Morgan fingerprint density at radius 2 is 2.14 bits per heavy atom. The number of nitrogens with zero attached hydrogens (tertiary/aromatic N) is 2. The van der Waals surface area contributed by atoms with Crippen LogP contribution in [0.25, 0.3) is 21.5 Å². The van der Waals surface area contributed by atoms with Gasteiger partial charge >= 0.3 is 0 Å². The molecule has 2 aromatic carbocycles. The summed E-state index contributed by atoms with van der Waals surface area (Å²) in [5, 5.41) is 20.3. The van der Waals surface area contributed by atoms with E-state index in [9.17, 15) is 9.90 Å². The normalized spacial score (nSPS) is 10.9. The zero-order valence-electron chi connectivity index (χ0n) is 15.3. The largest absolute Gasteiger partial charge is 0.507 e. The van der Waals surface area contributed by atoms with E-state index in [1.54, 1.807) is 12.1 Å². The van der Waals surface area contributed by atoms with Gasteiger partial charge in [-0.1, -0.05) is 23.5 Å². The lowest BCUT2D eigenvalue weighted by atomic mass is 10.1. The number of fused-ring (bicyclic) bond motifs is 1. The van der Waals surface area contributed by atoms with Gasteiger partial charge in [-0.3, -0.25) is 15.2 Å². The van der Waals surface area contributed by atoms with E-state index in [0.29, 0.717) is 23.0 Å². The van der Waals surface area contributed by atoms with E-state index < -0.39 is 0 Å². The number of ether oxygens (including phenoxy) is 1. The molecule has 4 aromatic rings. The number of hydrogen-bond donors (Lipinski definition) is 3. The molecule has 0 unspecified atom stereocenters. The molecule has 2 heterocycles. The lowest BCUT2D eigenvalue weighted by Crippen LogP contribution is -2.11. The quantitative estimate of drug-likeness (QED) is 0.467. The van der Waals surface area contributed by atoms with E-state index in [1.165, 1.54) is 11.3 Å². The number of phenols is 1. The van der Waals surface area contributed by atoms with Crippen LogP contribution in [0.1, 0.15) is 23.0 Å². The predicted octanol–water partition coefficient (Wildman–Crippen LogP) is 4.35. The van der Waals surface area contributed by atoms with Crippen LogP contribution in [0.4, 0.5) is 5.13 Å². The van der Waals surface area contributed by atoms with E-state index in [0.717, 1.165) is 21.5 Å². The number of benzene rings is 2. The zero-order chi connectivity index (χ0) is 19.7. The van der Waals surface area contributed by atoms with Crippen molar-refractivity contribution in [3.05, 3.63) is 53.7 Å². The van der Waals surface area contributed by atoms with E-state index in [2.05, 4.69) is 20.5 Å². The fourth-order valence-corrected chi connectivity index (χ4v) is 3.71. The summed E-state index contributed by atoms with van der Waals surface area (Å²) in [7, 11) is 0. The molecule has 0 aliphatic carbocycles. The number of aryl methyl sites for hydroxylation is 1. The number of aromatic nitrogens is 3. The first-order valence-electron chi connectivity index (χ1n) is 8.74. The summed E-state index contributed by atoms with van der Waals surface area (Å²) < 4.78 is 6.42. The summed E-state index contributed by atoms with van der Waals surface area (Å²) in [6.07, 6.45) is 0. The standard InChI is InChI=1S/C20H18N4O3S/c1-3-27-12-7-8-14-17(9-12)28-20(21-14)22-19(26)16-10-15(23-24-16)13-6-4-5-11(2)18(13)25/h4-10,25H,3H2,1-2H3,(H,23,24)(H,21,22,26). The van der Waals surface area contributed by atoms with E-state index in [4.69, 9.17) is 4.74 Å². The maximum absolute atomic E-state index is 12.6. The molecule has 0 aliphatic rings. The van der Waals surface area contributed by atoms with Gasteiger partial charge in [0.2, 0.25) is 0 Å². The summed E-state index contributed by atoms with van der Waals surface area (Å²) in [5.41, 5.74) is 2.88. The number of nitrogens with one attached hydrogen (secondary N) is 2. The van der Waals surface area contributed by atoms with Crippen LogP contribution in [-0.2, 0) is 0 Å². The highest BCUT2D eigenvalue weighted by Gasteiger charge is 2.16. The van der Waals surface area contributed by atoms with Crippen LogP contribution in [0.3, 0.4) is 0 Å². The van der Waals surface area contributed by atoms with Crippen molar-refractivity contribution < 1.29 is 14.6 Å². The summed E-state index contributed by atoms with van der Waals surface area (Å²) in [6.45, 7) is 4.33. The molecule has 0 saturated carbocycles. The van der Waals surface area contributed by atoms with Crippen LogP contribution in [0.15, 0.2) is 42.5 Å². The fourth-order valence-electron chi connectivity index (χ4n) is 2.82. The molecule has 0 radical (unpaired) electrons. The molecular formula is C20H18N4O3S. The van der Waals surface area contributed by atoms with Gasteiger partial charge < -0.3 is 9.84 Å². The number of phenolic OH excluding ortho intramolecular Hbond substituents is 1. The molecule has 0 bridgehead atoms. The molecule has 2 aromatic heterocycles. The van der Waals surface area contributed by atoms with Crippen LogP contribution in [0.2, 0.25) is 0 Å². The van der Waals surface area contributed by atoms with Crippen molar-refractivity contribution in [2.45, 2.75) is 13.8 Å². The molecule has 4 rings (SSSR count). The molecule has 7 nitrogen and oxygen atoms in total. The Morgan fingerprint density at radius 1 is 1.29 bits per heavy atom. The number of carbonyl (C=O) groups excluding carboxylic acids is 1. The molecular weight excluding hydrogens is 376 g/mol. The van der Waals surface area contributed by atoms with Gasteiger partial charge in [0.05, 0.1) is 22.5 Å². The minimum absolute atomic E-state index is 0.150. The zero-order valence-corrected chi connectivity index (χ0v) is 16.1. The molecule has 3 N–H and O–H groups in total. The third kappa shape index (κ3) is 3.41. The second-order valence-electron chi connectivity index (χ2n) is 6.17. The average Bonchev–Trinajstić information content (AvgIpc) is 3.30. The molecule has 142 valence electrons. The second-order valence-corrected chi connectivity index (χ2v) is 7.20. The third-order valence-electron chi connectivity index (χ3n) is 4.23. The lowest BCUT2D eigenvalue weighted by molar-refractivity contribution is 0.102. The number of para-hydroxylation sites is 1. The van der Waals surface area contributed by atoms with E-state index in [1.807, 2.05) is 44.2 Å². The highest BCUT2D eigenvalue weighted by atomic mass is 32.1. The van der Waals surface area contributed by atoms with E-state index in [-0.39, 0.29) is 17.4 Å². The maximum Gasteiger partial charge on any atom is 0.275 e. The SMILES string of the molecule is CCOc1ccc2nc(NC(=O)c3cc(-c4cccc(C)c4O)n[nH]3)sc2c1. The van der Waals surface area contributed by atoms with Crippen molar-refractivity contribution in [2.75, 3.05) is 11.9 Å². The summed E-state index contributed by atoms with van der Waals surface area (Å²) in [5.74, 6) is 0.569. The maximum atomic E-state index is 12.6. The first kappa shape index (κ1) is 18.0. The van der Waals surface area contributed by atoms with E-state index >= 15 is 0 Å². The summed E-state index contributed by atoms with van der Waals surface area (Å²) in [4.78, 5) is 17.0. The average molecular weight is 394 g/mol. The van der Waals surface area contributed by atoms with Gasteiger partial charge in [-0.2, -0.15) is 5.10 Å². The Hall–Kier alpha value is -3.39. The minimum atomic E-state index is -0.352. The Kier molecular flexibility index (Phi) is 4.70. The van der Waals surface area contributed by atoms with Crippen molar-refractivity contribution in [3.8, 4) is 22.8 Å². The van der Waals surface area contributed by atoms with Crippen molar-refractivity contribution in [2.24, 2.45) is 0 Å². The number of hydrogen-bond acceptors (Lipinski definition) is 6. The smallest absolute Gasteiger partial charge is 0.275 e. The topological polar surface area (TPSA) is 100 Å². The predicted molar refractivity (Wildman–Crippen MR) is 109 cm³/mol. The first-order valence-corrected chi connectivity index (χ1v) is 9.56. The molecule has 0 saturated heterocycles. The van der Waals surface area contributed by atoms with Gasteiger partial charge in [-0.25, -0.2) is 4.98 Å². The number of thiazole rings is 1. The minimum Gasteiger partial charge on any atom is -0.507 e. The number of rotatable bonds is 5. The van der Waals surface area contributed by atoms with Gasteiger partial charge in [0.1, 0.15) is 17.2 Å². The van der Waals surface area contributed by atoms with Gasteiger partial charge in [0.15, 0.2) is 5.13 Å². The highest BCUT2D eigenvalue weighted by molar-refractivity contribution is 7.22. The molecule has 0 aliphatic heterocycles. The van der Waals surface area contributed by atoms with Crippen molar-refractivity contribution >= 4 is 32.6 Å². The van der Waals surface area contributed by atoms with Gasteiger partial charge in [-0.15, -0.1) is 0 Å². The molecule has 0 fully saturated rings. The number of amides is 1. The number of H-pyrrole nitrogens is 1. The second kappa shape index (κ2) is 7.32. The Labute approximate surface area is 165 Å². The molecule has 0 atom stereocenters. The van der Waals surface area contributed by atoms with Gasteiger partial charge in [0, 0.05) is 5.56 Å². The number of aromatic amines is 1. The molecule has 28 heavy (non-hydrogen) atoms. The van der Waals surface area contributed by atoms with Gasteiger partial charge in [0.25, 0.3) is 5.91 Å². The van der Waals surface area contributed by atoms with Crippen LogP contribution in [-0.4, -0.2) is 32.8 Å². The molecule has 1 amide bonds. The Morgan fingerprint density at radius 3 is 2.96 bits per heavy atom.